The Hall–Kier alpha value is -3.47. The molecule has 9 nitrogen and oxygen atoms in total. The number of aryl methyl sites for hydroxylation is 2. The van der Waals surface area contributed by atoms with E-state index in [4.69, 9.17) is 27.8 Å². The highest BCUT2D eigenvalue weighted by molar-refractivity contribution is 6.13. The van der Waals surface area contributed by atoms with E-state index in [1.165, 1.54) is 29.6 Å². The summed E-state index contributed by atoms with van der Waals surface area (Å²) < 4.78 is 45.7. The number of benzene rings is 3. The zero-order valence-corrected chi connectivity index (χ0v) is 22.7. The van der Waals surface area contributed by atoms with Crippen LogP contribution >= 0.6 is 0 Å². The fourth-order valence-electron chi connectivity index (χ4n) is 5.70. The Bertz CT molecular complexity index is 1480. The molecule has 2 aliphatic rings. The zero-order chi connectivity index (χ0) is 27.9. The van der Waals surface area contributed by atoms with Gasteiger partial charge < -0.3 is 14.5 Å². The van der Waals surface area contributed by atoms with E-state index in [1.54, 1.807) is 0 Å². The monoisotopic (exact) mass is 552 g/mol. The highest BCUT2D eigenvalue weighted by Gasteiger charge is 2.29. The summed E-state index contributed by atoms with van der Waals surface area (Å²) in [6.45, 7) is 2.09. The summed E-state index contributed by atoms with van der Waals surface area (Å²) in [6, 6.07) is 16.7. The smallest absolute Gasteiger partial charge is 0.363 e. The first kappa shape index (κ1) is 27.1. The second-order valence-electron chi connectivity index (χ2n) is 9.90. The Balaban J connectivity index is 0.000000567. The second kappa shape index (κ2) is 10.6. The molecule has 0 spiro atoms. The minimum absolute atomic E-state index is 0.326. The van der Waals surface area contributed by atoms with Gasteiger partial charge in [0.2, 0.25) is 0 Å². The minimum atomic E-state index is -4.94. The van der Waals surface area contributed by atoms with Crippen molar-refractivity contribution in [1.29, 1.82) is 0 Å². The van der Waals surface area contributed by atoms with Crippen LogP contribution in [-0.2, 0) is 17.6 Å². The number of fused-ring (bicyclic) bond motifs is 4. The van der Waals surface area contributed by atoms with Crippen molar-refractivity contribution in [3.63, 3.8) is 0 Å². The van der Waals surface area contributed by atoms with Crippen LogP contribution in [0.3, 0.4) is 0 Å². The van der Waals surface area contributed by atoms with E-state index in [9.17, 15) is 4.79 Å². The molecule has 0 amide bonds. The van der Waals surface area contributed by atoms with E-state index in [1.807, 2.05) is 24.3 Å². The molecular weight excluding hydrogens is 524 g/mol. The minimum Gasteiger partial charge on any atom is -0.465 e. The summed E-state index contributed by atoms with van der Waals surface area (Å²) in [6.07, 6.45) is 4.35. The predicted molar refractivity (Wildman–Crippen MR) is 138 cm³/mol. The van der Waals surface area contributed by atoms with Gasteiger partial charge in [-0.2, -0.15) is 0 Å². The van der Waals surface area contributed by atoms with Crippen LogP contribution in [0, 0.1) is 10.2 Å². The van der Waals surface area contributed by atoms with Crippen LogP contribution in [0.25, 0.3) is 33.1 Å². The van der Waals surface area contributed by atoms with Crippen molar-refractivity contribution in [1.82, 2.24) is 0 Å². The van der Waals surface area contributed by atoms with Gasteiger partial charge >= 0.3 is 17.1 Å². The quantitative estimate of drug-likeness (QED) is 0.205. The van der Waals surface area contributed by atoms with Gasteiger partial charge in [-0.3, -0.25) is 0 Å². The van der Waals surface area contributed by atoms with E-state index < -0.39 is 10.2 Å². The molecule has 10 heteroatoms. The molecule has 204 valence electrons. The topological polar surface area (TPSA) is 136 Å². The summed E-state index contributed by atoms with van der Waals surface area (Å²) >= 11 is 0. The molecule has 0 saturated carbocycles. The maximum absolute atomic E-state index is 12.8. The van der Waals surface area contributed by atoms with Crippen LogP contribution in [-0.4, -0.2) is 40.3 Å². The highest BCUT2D eigenvalue weighted by Crippen LogP contribution is 2.43. The van der Waals surface area contributed by atoms with Gasteiger partial charge in [-0.05, 0) is 60.6 Å². The molecule has 0 saturated heterocycles. The number of carbonyl (C=O) groups is 1. The predicted octanol–water partition coefficient (Wildman–Crippen LogP) is 1.33. The lowest BCUT2D eigenvalue weighted by Gasteiger charge is -2.28. The average Bonchev–Trinajstić information content (AvgIpc) is 2.89. The molecule has 0 bridgehead atoms. The Morgan fingerprint density at radius 3 is 1.82 bits per heavy atom. The van der Waals surface area contributed by atoms with Crippen LogP contribution in [0.15, 0.2) is 52.9 Å². The third-order valence-corrected chi connectivity index (χ3v) is 7.42. The van der Waals surface area contributed by atoms with Crippen molar-refractivity contribution < 1.29 is 42.8 Å². The third kappa shape index (κ3) is 5.50. The van der Waals surface area contributed by atoms with Gasteiger partial charge in [-0.1, -0.05) is 18.2 Å². The summed E-state index contributed by atoms with van der Waals surface area (Å²) in [4.78, 5) is 17.4. The summed E-state index contributed by atoms with van der Waals surface area (Å²) in [5, 5.41) is 2.09. The van der Waals surface area contributed by atoms with Gasteiger partial charge in [-0.15, -0.1) is 10.2 Å². The maximum atomic E-state index is 12.8. The summed E-state index contributed by atoms with van der Waals surface area (Å²) in [7, 11) is 0.779. The van der Waals surface area contributed by atoms with Gasteiger partial charge in [-0.25, -0.2) is 27.8 Å². The number of hydrogen-bond donors (Lipinski definition) is 0. The van der Waals surface area contributed by atoms with E-state index >= 15 is 0 Å². The number of anilines is 2. The number of hydrogen-bond acceptors (Lipinski definition) is 8. The van der Waals surface area contributed by atoms with Crippen molar-refractivity contribution >= 4 is 39.3 Å². The first-order valence-corrected chi connectivity index (χ1v) is 13.9. The van der Waals surface area contributed by atoms with Gasteiger partial charge in [0.1, 0.15) is 0 Å². The van der Waals surface area contributed by atoms with Gasteiger partial charge in [0, 0.05) is 44.1 Å². The molecule has 39 heavy (non-hydrogen) atoms. The molecular formula is C29H29ClN2O7. The van der Waals surface area contributed by atoms with Crippen molar-refractivity contribution in [2.45, 2.75) is 25.7 Å². The molecule has 0 fully saturated rings. The fraction of sp³-hybridized carbons (Fsp3) is 0.310. The van der Waals surface area contributed by atoms with E-state index in [2.05, 4.69) is 48.2 Å². The molecule has 3 heterocycles. The van der Waals surface area contributed by atoms with Crippen LogP contribution < -0.4 is 28.4 Å². The number of nitrogens with zero attached hydrogens (tertiary/aromatic N) is 2. The fourth-order valence-corrected chi connectivity index (χ4v) is 5.70. The number of ether oxygens (including phenoxy) is 1. The lowest BCUT2D eigenvalue weighted by Crippen LogP contribution is -2.68. The van der Waals surface area contributed by atoms with Crippen molar-refractivity contribution in [3.8, 4) is 11.1 Å². The van der Waals surface area contributed by atoms with Gasteiger partial charge in [0.25, 0.3) is 0 Å². The largest absolute Gasteiger partial charge is 0.465 e. The molecule has 0 radical (unpaired) electrons. The summed E-state index contributed by atoms with van der Waals surface area (Å²) in [5.41, 5.74) is 9.28. The third-order valence-electron chi connectivity index (χ3n) is 7.42. The van der Waals surface area contributed by atoms with Crippen molar-refractivity contribution in [2.75, 3.05) is 44.1 Å². The SMILES string of the molecule is COC(=O)c1ccccc1-c1c2cc3c(cc2[o+]c2cc4c(cc12)CCCN4C)N(C)CCC3.[O-][Cl+3]([O-])([O-])[O-]. The molecule has 1 aromatic heterocycles. The van der Waals surface area contributed by atoms with Crippen LogP contribution in [0.2, 0.25) is 0 Å². The first-order valence-electron chi connectivity index (χ1n) is 12.7. The standard InChI is InChI=1S/C29H29N2O3.ClHO4/c1-30-12-6-8-18-14-22-26(16-24(18)30)34-27-17-25-19(9-7-13-31(25)2)15-23(27)28(22)20-10-4-5-11-21(20)29(32)33-3;2-1(3,4)5/h4-5,10-11,14-17H,6-9,12-13H2,1-3H3;(H,2,3,4,5)/q+1;/p-1. The van der Waals surface area contributed by atoms with Gasteiger partial charge in [0.05, 0.1) is 35.6 Å². The molecule has 6 rings (SSSR count). The lowest BCUT2D eigenvalue weighted by molar-refractivity contribution is -2.00. The Morgan fingerprint density at radius 1 is 0.846 bits per heavy atom. The number of carbonyl (C=O) groups excluding carboxylic acids is 1. The molecule has 3 aromatic carbocycles. The molecule has 4 aromatic rings. The van der Waals surface area contributed by atoms with E-state index in [0.717, 1.165) is 71.8 Å². The van der Waals surface area contributed by atoms with E-state index in [-0.39, 0.29) is 5.97 Å². The Labute approximate surface area is 228 Å². The van der Waals surface area contributed by atoms with Crippen LogP contribution in [0.4, 0.5) is 11.4 Å². The van der Waals surface area contributed by atoms with Crippen LogP contribution in [0.1, 0.15) is 34.3 Å². The Kier molecular flexibility index (Phi) is 7.37. The highest BCUT2D eigenvalue weighted by atomic mass is 35.7. The molecule has 0 atom stereocenters. The summed E-state index contributed by atoms with van der Waals surface area (Å²) in [5.74, 6) is -0.326. The van der Waals surface area contributed by atoms with Gasteiger partial charge in [0.15, 0.2) is 0 Å². The first-order chi connectivity index (χ1) is 18.5. The Morgan fingerprint density at radius 2 is 1.33 bits per heavy atom. The lowest BCUT2D eigenvalue weighted by atomic mass is 9.89. The number of rotatable bonds is 2. The number of esters is 1. The molecule has 2 aliphatic heterocycles. The molecule has 0 N–H and O–H groups in total. The normalized spacial score (nSPS) is 14.9. The van der Waals surface area contributed by atoms with Crippen LogP contribution in [0.5, 0.6) is 0 Å². The zero-order valence-electron chi connectivity index (χ0n) is 22.0. The molecule has 0 unspecified atom stereocenters. The average molecular weight is 553 g/mol. The second-order valence-corrected chi connectivity index (χ2v) is 10.7. The van der Waals surface area contributed by atoms with Crippen molar-refractivity contribution in [2.24, 2.45) is 0 Å². The van der Waals surface area contributed by atoms with Crippen molar-refractivity contribution in [3.05, 3.63) is 65.2 Å². The van der Waals surface area contributed by atoms with E-state index in [0.29, 0.717) is 5.56 Å². The number of halogens is 1. The number of methoxy groups -OCH3 is 1. The maximum Gasteiger partial charge on any atom is 0.363 e. The molecule has 0 aliphatic carbocycles.